The van der Waals surface area contributed by atoms with E-state index in [1.54, 1.807) is 0 Å². The number of ether oxygens (including phenoxy) is 2. The summed E-state index contributed by atoms with van der Waals surface area (Å²) < 4.78 is 13.4. The van der Waals surface area contributed by atoms with Crippen LogP contribution in [0.4, 0.5) is 5.69 Å². The first-order valence-electron chi connectivity index (χ1n) is 10.0. The summed E-state index contributed by atoms with van der Waals surface area (Å²) in [5.74, 6) is 1.50. The third-order valence-electron chi connectivity index (χ3n) is 4.77. The van der Waals surface area contributed by atoms with Crippen LogP contribution in [0.15, 0.2) is 85.1 Å². The zero-order valence-corrected chi connectivity index (χ0v) is 16.9. The highest BCUT2D eigenvalue weighted by molar-refractivity contribution is 5.93. The molecule has 0 fully saturated rings. The highest BCUT2D eigenvalue weighted by atomic mass is 16.5. The number of anilines is 1. The van der Waals surface area contributed by atoms with Gasteiger partial charge < -0.3 is 19.4 Å². The number of rotatable bonds is 8. The molecule has 0 atom stereocenters. The van der Waals surface area contributed by atoms with Gasteiger partial charge in [-0.2, -0.15) is 0 Å². The van der Waals surface area contributed by atoms with Gasteiger partial charge in [-0.05, 0) is 55.0 Å². The molecule has 0 saturated carbocycles. The number of nitrogens with one attached hydrogen (secondary N) is 1. The zero-order valence-electron chi connectivity index (χ0n) is 16.9. The van der Waals surface area contributed by atoms with Crippen molar-refractivity contribution in [2.75, 3.05) is 11.9 Å². The molecule has 3 aromatic carbocycles. The van der Waals surface area contributed by atoms with E-state index in [-0.39, 0.29) is 12.5 Å². The van der Waals surface area contributed by atoms with E-state index in [1.165, 1.54) is 0 Å². The Kier molecular flexibility index (Phi) is 5.99. The van der Waals surface area contributed by atoms with E-state index in [0.717, 1.165) is 33.7 Å². The maximum Gasteiger partial charge on any atom is 0.244 e. The van der Waals surface area contributed by atoms with Gasteiger partial charge in [0.1, 0.15) is 24.7 Å². The first kappa shape index (κ1) is 19.6. The first-order valence-corrected chi connectivity index (χ1v) is 10.0. The Morgan fingerprint density at radius 2 is 1.70 bits per heavy atom. The van der Waals surface area contributed by atoms with Crippen molar-refractivity contribution in [2.24, 2.45) is 0 Å². The smallest absolute Gasteiger partial charge is 0.244 e. The van der Waals surface area contributed by atoms with Gasteiger partial charge in [0.15, 0.2) is 0 Å². The number of amides is 1. The largest absolute Gasteiger partial charge is 0.494 e. The Hall–Kier alpha value is -3.73. The topological polar surface area (TPSA) is 52.5 Å². The van der Waals surface area contributed by atoms with Gasteiger partial charge in [0.2, 0.25) is 5.91 Å². The van der Waals surface area contributed by atoms with Gasteiger partial charge >= 0.3 is 0 Å². The molecule has 1 N–H and O–H groups in total. The van der Waals surface area contributed by atoms with E-state index in [0.29, 0.717) is 13.2 Å². The number of carbonyl (C=O) groups excluding carboxylic acids is 1. The molecule has 0 bridgehead atoms. The van der Waals surface area contributed by atoms with Gasteiger partial charge in [-0.15, -0.1) is 0 Å². The molecule has 0 aliphatic rings. The van der Waals surface area contributed by atoms with Gasteiger partial charge in [0.25, 0.3) is 0 Å². The van der Waals surface area contributed by atoms with E-state index < -0.39 is 0 Å². The number of hydrogen-bond acceptors (Lipinski definition) is 3. The molecule has 30 heavy (non-hydrogen) atoms. The number of carbonyl (C=O) groups is 1. The molecule has 0 spiro atoms. The van der Waals surface area contributed by atoms with E-state index in [1.807, 2.05) is 96.6 Å². The zero-order chi connectivity index (χ0) is 20.8. The maximum absolute atomic E-state index is 12.5. The summed E-state index contributed by atoms with van der Waals surface area (Å²) in [6.07, 6.45) is 1.91. The summed E-state index contributed by atoms with van der Waals surface area (Å²) in [5.41, 5.74) is 2.82. The van der Waals surface area contributed by atoms with Crippen LogP contribution >= 0.6 is 0 Å². The molecule has 1 amide bonds. The third kappa shape index (κ3) is 4.63. The monoisotopic (exact) mass is 400 g/mol. The molecule has 1 heterocycles. The van der Waals surface area contributed by atoms with Crippen molar-refractivity contribution in [3.05, 3.63) is 90.6 Å². The number of nitrogens with zero attached hydrogens (tertiary/aromatic N) is 1. The molecular weight excluding hydrogens is 376 g/mol. The van der Waals surface area contributed by atoms with Crippen LogP contribution in [0.3, 0.4) is 0 Å². The molecule has 1 aromatic heterocycles. The minimum absolute atomic E-state index is 0.0905. The van der Waals surface area contributed by atoms with E-state index in [9.17, 15) is 4.79 Å². The Labute approximate surface area is 175 Å². The van der Waals surface area contributed by atoms with Gasteiger partial charge in [0, 0.05) is 17.3 Å². The predicted octanol–water partition coefficient (Wildman–Crippen LogP) is 5.26. The molecule has 5 heteroatoms. The number of fused-ring (bicyclic) bond motifs is 1. The van der Waals surface area contributed by atoms with Crippen LogP contribution in [-0.4, -0.2) is 17.1 Å². The summed E-state index contributed by atoms with van der Waals surface area (Å²) >= 11 is 0. The summed E-state index contributed by atoms with van der Waals surface area (Å²) in [6.45, 7) is 3.28. The van der Waals surface area contributed by atoms with Crippen LogP contribution in [0.1, 0.15) is 12.5 Å². The fourth-order valence-corrected chi connectivity index (χ4v) is 3.35. The maximum atomic E-state index is 12.5. The highest BCUT2D eigenvalue weighted by Gasteiger charge is 2.10. The summed E-state index contributed by atoms with van der Waals surface area (Å²) in [6, 6.07) is 25.3. The average molecular weight is 400 g/mol. The van der Waals surface area contributed by atoms with Crippen molar-refractivity contribution in [2.45, 2.75) is 20.1 Å². The summed E-state index contributed by atoms with van der Waals surface area (Å²) in [4.78, 5) is 12.5. The third-order valence-corrected chi connectivity index (χ3v) is 4.77. The molecule has 0 unspecified atom stereocenters. The Bertz CT molecular complexity index is 1120. The fraction of sp³-hybridized carbons (Fsp3) is 0.160. The molecule has 5 nitrogen and oxygen atoms in total. The van der Waals surface area contributed by atoms with Gasteiger partial charge in [-0.25, -0.2) is 0 Å². The highest BCUT2D eigenvalue weighted by Crippen LogP contribution is 2.27. The van der Waals surface area contributed by atoms with Gasteiger partial charge in [-0.3, -0.25) is 4.79 Å². The van der Waals surface area contributed by atoms with E-state index in [2.05, 4.69) is 5.32 Å². The molecular formula is C25H24N2O3. The van der Waals surface area contributed by atoms with Crippen molar-refractivity contribution < 1.29 is 14.3 Å². The number of benzene rings is 3. The molecule has 4 aromatic rings. The number of hydrogen-bond donors (Lipinski definition) is 1. The lowest BCUT2D eigenvalue weighted by molar-refractivity contribution is -0.116. The summed E-state index contributed by atoms with van der Waals surface area (Å²) in [5, 5.41) is 3.92. The van der Waals surface area contributed by atoms with Crippen molar-refractivity contribution in [3.63, 3.8) is 0 Å². The van der Waals surface area contributed by atoms with Crippen molar-refractivity contribution >= 4 is 22.5 Å². The molecule has 0 saturated heterocycles. The van der Waals surface area contributed by atoms with Crippen LogP contribution in [0.25, 0.3) is 10.9 Å². The Morgan fingerprint density at radius 3 is 2.47 bits per heavy atom. The Balaban J connectivity index is 1.43. The van der Waals surface area contributed by atoms with E-state index >= 15 is 0 Å². The lowest BCUT2D eigenvalue weighted by Crippen LogP contribution is -2.18. The van der Waals surface area contributed by atoms with Crippen molar-refractivity contribution in [3.8, 4) is 11.5 Å². The fourth-order valence-electron chi connectivity index (χ4n) is 3.35. The molecule has 0 radical (unpaired) electrons. The van der Waals surface area contributed by atoms with E-state index in [4.69, 9.17) is 9.47 Å². The Morgan fingerprint density at radius 1 is 0.900 bits per heavy atom. The molecule has 152 valence electrons. The van der Waals surface area contributed by atoms with Crippen LogP contribution in [-0.2, 0) is 17.9 Å². The van der Waals surface area contributed by atoms with Crippen LogP contribution in [0, 0.1) is 0 Å². The minimum atomic E-state index is -0.0905. The lowest BCUT2D eigenvalue weighted by Gasteiger charge is -2.10. The quantitative estimate of drug-likeness (QED) is 0.439. The van der Waals surface area contributed by atoms with Gasteiger partial charge in [0.05, 0.1) is 12.1 Å². The van der Waals surface area contributed by atoms with Crippen molar-refractivity contribution in [1.82, 2.24) is 4.57 Å². The lowest BCUT2D eigenvalue weighted by atomic mass is 10.2. The van der Waals surface area contributed by atoms with Crippen LogP contribution in [0.2, 0.25) is 0 Å². The SMILES string of the molecule is CCOc1ccc(NC(=O)Cn2ccc3c(OCc4ccccc4)cccc32)cc1. The molecule has 4 rings (SSSR count). The van der Waals surface area contributed by atoms with Crippen LogP contribution < -0.4 is 14.8 Å². The standard InChI is InChI=1S/C25H24N2O3/c1-2-29-21-13-11-20(12-14-21)26-25(28)17-27-16-15-22-23(27)9-6-10-24(22)30-18-19-7-4-3-5-8-19/h3-16H,2,17-18H2,1H3,(H,26,28). The second-order valence-corrected chi connectivity index (χ2v) is 6.91. The van der Waals surface area contributed by atoms with Crippen LogP contribution in [0.5, 0.6) is 11.5 Å². The van der Waals surface area contributed by atoms with Gasteiger partial charge in [-0.1, -0.05) is 36.4 Å². The first-order chi connectivity index (χ1) is 14.7. The predicted molar refractivity (Wildman–Crippen MR) is 119 cm³/mol. The second kappa shape index (κ2) is 9.18. The molecule has 0 aliphatic carbocycles. The second-order valence-electron chi connectivity index (χ2n) is 6.91. The van der Waals surface area contributed by atoms with Crippen molar-refractivity contribution in [1.29, 1.82) is 0 Å². The summed E-state index contributed by atoms with van der Waals surface area (Å²) in [7, 11) is 0. The number of aromatic nitrogens is 1. The normalized spacial score (nSPS) is 10.7. The molecule has 0 aliphatic heterocycles. The average Bonchev–Trinajstić information content (AvgIpc) is 3.18. The minimum Gasteiger partial charge on any atom is -0.494 e.